The molecular formula is C55H106O6. The van der Waals surface area contributed by atoms with E-state index in [9.17, 15) is 14.4 Å². The number of carbonyl (C=O) groups is 3. The number of hydrogen-bond acceptors (Lipinski definition) is 6. The van der Waals surface area contributed by atoms with Gasteiger partial charge in [0.05, 0.1) is 0 Å². The molecule has 1 unspecified atom stereocenters. The smallest absolute Gasteiger partial charge is 0.306 e. The summed E-state index contributed by atoms with van der Waals surface area (Å²) < 4.78 is 16.8. The van der Waals surface area contributed by atoms with Gasteiger partial charge in [0.15, 0.2) is 6.10 Å². The molecule has 0 aromatic rings. The van der Waals surface area contributed by atoms with E-state index in [1.54, 1.807) is 0 Å². The minimum atomic E-state index is -0.763. The zero-order valence-electron chi connectivity index (χ0n) is 42.0. The van der Waals surface area contributed by atoms with Gasteiger partial charge >= 0.3 is 17.9 Å². The Bertz CT molecular complexity index is 947. The molecule has 0 bridgehead atoms. The zero-order chi connectivity index (χ0) is 44.9. The summed E-state index contributed by atoms with van der Waals surface area (Å²) in [5.74, 6) is 1.64. The summed E-state index contributed by atoms with van der Waals surface area (Å²) in [5, 5.41) is 0. The number of rotatable bonds is 48. The van der Waals surface area contributed by atoms with Crippen molar-refractivity contribution in [2.24, 2.45) is 17.8 Å². The van der Waals surface area contributed by atoms with Crippen LogP contribution in [0.25, 0.3) is 0 Å². The van der Waals surface area contributed by atoms with Gasteiger partial charge in [-0.1, -0.05) is 260 Å². The molecule has 2 atom stereocenters. The van der Waals surface area contributed by atoms with E-state index < -0.39 is 6.10 Å². The topological polar surface area (TPSA) is 78.9 Å². The van der Waals surface area contributed by atoms with Gasteiger partial charge in [0.1, 0.15) is 13.2 Å². The lowest BCUT2D eigenvalue weighted by molar-refractivity contribution is -0.167. The second-order valence-electron chi connectivity index (χ2n) is 20.1. The van der Waals surface area contributed by atoms with Crippen LogP contribution in [0.15, 0.2) is 0 Å². The first-order valence-electron chi connectivity index (χ1n) is 27.1. The van der Waals surface area contributed by atoms with Crippen molar-refractivity contribution in [3.63, 3.8) is 0 Å². The van der Waals surface area contributed by atoms with Crippen molar-refractivity contribution in [1.29, 1.82) is 0 Å². The van der Waals surface area contributed by atoms with Gasteiger partial charge in [0.2, 0.25) is 0 Å². The van der Waals surface area contributed by atoms with Gasteiger partial charge in [-0.25, -0.2) is 0 Å². The van der Waals surface area contributed by atoms with E-state index in [2.05, 4.69) is 41.5 Å². The highest BCUT2D eigenvalue weighted by Crippen LogP contribution is 2.18. The minimum absolute atomic E-state index is 0.0652. The first-order valence-corrected chi connectivity index (χ1v) is 27.1. The highest BCUT2D eigenvalue weighted by atomic mass is 16.6. The van der Waals surface area contributed by atoms with Crippen LogP contribution in [0.5, 0.6) is 0 Å². The van der Waals surface area contributed by atoms with Crippen molar-refractivity contribution in [2.45, 2.75) is 304 Å². The lowest BCUT2D eigenvalue weighted by Crippen LogP contribution is -2.30. The second-order valence-corrected chi connectivity index (χ2v) is 20.1. The van der Waals surface area contributed by atoms with Gasteiger partial charge in [-0.15, -0.1) is 0 Å². The third-order valence-electron chi connectivity index (χ3n) is 12.8. The van der Waals surface area contributed by atoms with E-state index in [1.807, 2.05) is 0 Å². The van der Waals surface area contributed by atoms with E-state index >= 15 is 0 Å². The number of ether oxygens (including phenoxy) is 3. The fraction of sp³-hybridized carbons (Fsp3) is 0.945. The van der Waals surface area contributed by atoms with Gasteiger partial charge in [-0.3, -0.25) is 14.4 Å². The van der Waals surface area contributed by atoms with Gasteiger partial charge < -0.3 is 14.2 Å². The average molecular weight is 863 g/mol. The predicted octanol–water partition coefficient (Wildman–Crippen LogP) is 17.6. The van der Waals surface area contributed by atoms with Crippen LogP contribution in [0, 0.1) is 17.8 Å². The standard InChI is InChI=1S/C55H106O6/c1-7-51(6)43-37-31-24-20-16-12-8-9-13-17-21-25-32-38-44-53(56)59-47-52(61-55(58)46-40-34-28-27-30-36-42-50(4)5)48-60-54(57)45-39-33-26-22-18-14-10-11-15-19-23-29-35-41-49(2)3/h49-52H,7-48H2,1-6H3/t51?,52-/m1/s1. The molecule has 0 spiro atoms. The molecule has 0 saturated heterocycles. The minimum Gasteiger partial charge on any atom is -0.462 e. The molecule has 61 heavy (non-hydrogen) atoms. The Kier molecular flexibility index (Phi) is 45.2. The molecule has 0 aliphatic heterocycles. The normalized spacial score (nSPS) is 12.6. The highest BCUT2D eigenvalue weighted by molar-refractivity contribution is 5.71. The molecule has 6 nitrogen and oxygen atoms in total. The van der Waals surface area contributed by atoms with E-state index in [0.717, 1.165) is 75.5 Å². The molecule has 6 heteroatoms. The molecule has 0 aromatic heterocycles. The van der Waals surface area contributed by atoms with Crippen LogP contribution in [0.1, 0.15) is 298 Å². The van der Waals surface area contributed by atoms with Gasteiger partial charge in [0, 0.05) is 19.3 Å². The Morgan fingerprint density at radius 3 is 0.852 bits per heavy atom. The monoisotopic (exact) mass is 863 g/mol. The summed E-state index contributed by atoms with van der Waals surface area (Å²) in [6, 6.07) is 0. The second kappa shape index (κ2) is 46.4. The van der Waals surface area contributed by atoms with Crippen molar-refractivity contribution in [3.8, 4) is 0 Å². The SMILES string of the molecule is CCC(C)CCCCCCCCCCCCCCCCC(=O)OC[C@H](COC(=O)CCCCCCCCCCCCCCCC(C)C)OC(=O)CCCCCCCCC(C)C. The zero-order valence-corrected chi connectivity index (χ0v) is 42.0. The third kappa shape index (κ3) is 47.7. The lowest BCUT2D eigenvalue weighted by Gasteiger charge is -2.18. The van der Waals surface area contributed by atoms with Crippen LogP contribution in [0.3, 0.4) is 0 Å². The van der Waals surface area contributed by atoms with Crippen LogP contribution in [0.4, 0.5) is 0 Å². The molecule has 0 rings (SSSR count). The molecular weight excluding hydrogens is 757 g/mol. The van der Waals surface area contributed by atoms with Crippen molar-refractivity contribution in [2.75, 3.05) is 13.2 Å². The number of carbonyl (C=O) groups excluding carboxylic acids is 3. The fourth-order valence-electron chi connectivity index (χ4n) is 8.26. The molecule has 0 fully saturated rings. The van der Waals surface area contributed by atoms with Crippen molar-refractivity contribution >= 4 is 17.9 Å². The lowest BCUT2D eigenvalue weighted by atomic mass is 9.99. The molecule has 0 heterocycles. The van der Waals surface area contributed by atoms with Gasteiger partial charge in [-0.2, -0.15) is 0 Å². The maximum atomic E-state index is 12.7. The highest BCUT2D eigenvalue weighted by Gasteiger charge is 2.19. The summed E-state index contributed by atoms with van der Waals surface area (Å²) in [4.78, 5) is 37.9. The number of unbranched alkanes of at least 4 members (excludes halogenated alkanes) is 30. The Balaban J connectivity index is 4.22. The fourth-order valence-corrected chi connectivity index (χ4v) is 8.26. The Labute approximate surface area is 380 Å². The van der Waals surface area contributed by atoms with Gasteiger partial charge in [-0.05, 0) is 37.0 Å². The molecule has 0 amide bonds. The van der Waals surface area contributed by atoms with Gasteiger partial charge in [0.25, 0.3) is 0 Å². The predicted molar refractivity (Wildman–Crippen MR) is 261 cm³/mol. The van der Waals surface area contributed by atoms with E-state index in [1.165, 1.54) is 180 Å². The van der Waals surface area contributed by atoms with Crippen LogP contribution in [0.2, 0.25) is 0 Å². The van der Waals surface area contributed by atoms with E-state index in [-0.39, 0.29) is 31.1 Å². The van der Waals surface area contributed by atoms with Crippen LogP contribution in [-0.4, -0.2) is 37.2 Å². The molecule has 0 aromatic carbocycles. The van der Waals surface area contributed by atoms with Crippen molar-refractivity contribution < 1.29 is 28.6 Å². The summed E-state index contributed by atoms with van der Waals surface area (Å²) in [6.45, 7) is 13.7. The summed E-state index contributed by atoms with van der Waals surface area (Å²) in [7, 11) is 0. The van der Waals surface area contributed by atoms with Crippen LogP contribution < -0.4 is 0 Å². The molecule has 0 aliphatic rings. The Morgan fingerprint density at radius 1 is 0.328 bits per heavy atom. The molecule has 0 aliphatic carbocycles. The Morgan fingerprint density at radius 2 is 0.574 bits per heavy atom. The first kappa shape index (κ1) is 59.4. The summed E-state index contributed by atoms with van der Waals surface area (Å²) in [6.07, 6.45) is 46.7. The summed E-state index contributed by atoms with van der Waals surface area (Å²) in [5.41, 5.74) is 0. The largest absolute Gasteiger partial charge is 0.462 e. The van der Waals surface area contributed by atoms with E-state index in [4.69, 9.17) is 14.2 Å². The van der Waals surface area contributed by atoms with Crippen molar-refractivity contribution in [3.05, 3.63) is 0 Å². The first-order chi connectivity index (χ1) is 29.6. The Hall–Kier alpha value is -1.59. The molecule has 0 saturated carbocycles. The van der Waals surface area contributed by atoms with Crippen LogP contribution >= 0.6 is 0 Å². The number of hydrogen-bond donors (Lipinski definition) is 0. The molecule has 0 radical (unpaired) electrons. The third-order valence-corrected chi connectivity index (χ3v) is 12.8. The quantitative estimate of drug-likeness (QED) is 0.0344. The molecule has 0 N–H and O–H groups in total. The van der Waals surface area contributed by atoms with Crippen molar-refractivity contribution in [1.82, 2.24) is 0 Å². The van der Waals surface area contributed by atoms with E-state index in [0.29, 0.717) is 19.3 Å². The van der Waals surface area contributed by atoms with Crippen LogP contribution in [-0.2, 0) is 28.6 Å². The maximum absolute atomic E-state index is 12.7. The number of esters is 3. The maximum Gasteiger partial charge on any atom is 0.306 e. The average Bonchev–Trinajstić information content (AvgIpc) is 3.23. The molecule has 362 valence electrons. The summed E-state index contributed by atoms with van der Waals surface area (Å²) >= 11 is 0.